The Bertz CT molecular complexity index is 1320. The second-order valence-electron chi connectivity index (χ2n) is 6.13. The topological polar surface area (TPSA) is 114 Å². The van der Waals surface area contributed by atoms with Crippen LogP contribution in [0.25, 0.3) is 17.4 Å². The highest BCUT2D eigenvalue weighted by molar-refractivity contribution is 7.95. The van der Waals surface area contributed by atoms with E-state index in [0.717, 1.165) is 12.1 Å². The number of rotatable bonds is 5. The van der Waals surface area contributed by atoms with Crippen LogP contribution < -0.4 is 0 Å². The number of nitriles is 1. The predicted octanol–water partition coefficient (Wildman–Crippen LogP) is 5.21. The molecule has 3 aromatic rings. The molecular weight excluding hydrogens is 437 g/mol. The quantitative estimate of drug-likeness (QED) is 0.301. The SMILES string of the molecule is N#C/C(=C/c1ccc(-c2ccc(C(F)(F)F)cc2[N+](=O)[O-])o1)S(=O)(=O)c1ccccc1. The van der Waals surface area contributed by atoms with Gasteiger partial charge in [-0.15, -0.1) is 0 Å². The molecule has 2 aromatic carbocycles. The lowest BCUT2D eigenvalue weighted by atomic mass is 10.1. The van der Waals surface area contributed by atoms with Crippen molar-refractivity contribution in [2.24, 2.45) is 0 Å². The summed E-state index contributed by atoms with van der Waals surface area (Å²) in [6.45, 7) is 0. The monoisotopic (exact) mass is 448 g/mol. The molecule has 0 bridgehead atoms. The number of alkyl halides is 3. The van der Waals surface area contributed by atoms with Gasteiger partial charge >= 0.3 is 6.18 Å². The summed E-state index contributed by atoms with van der Waals surface area (Å²) in [6, 6.07) is 13.2. The van der Waals surface area contributed by atoms with E-state index in [1.807, 2.05) is 0 Å². The number of nitro benzene ring substituents is 1. The average molecular weight is 448 g/mol. The minimum Gasteiger partial charge on any atom is -0.456 e. The lowest BCUT2D eigenvalue weighted by Gasteiger charge is -2.07. The zero-order chi connectivity index (χ0) is 22.8. The summed E-state index contributed by atoms with van der Waals surface area (Å²) in [5.41, 5.74) is -2.27. The molecule has 0 fully saturated rings. The molecule has 0 unspecified atom stereocenters. The van der Waals surface area contributed by atoms with Gasteiger partial charge in [0, 0.05) is 12.1 Å². The lowest BCUT2D eigenvalue weighted by Crippen LogP contribution is -2.06. The number of allylic oxidation sites excluding steroid dienone is 1. The minimum atomic E-state index is -4.77. The Morgan fingerprint density at radius 1 is 1.10 bits per heavy atom. The molecule has 0 aliphatic rings. The molecule has 0 radical (unpaired) electrons. The second kappa shape index (κ2) is 8.08. The van der Waals surface area contributed by atoms with Crippen molar-refractivity contribution < 1.29 is 30.9 Å². The fraction of sp³-hybridized carbons (Fsp3) is 0.0500. The Balaban J connectivity index is 2.04. The smallest absolute Gasteiger partial charge is 0.416 e. The van der Waals surface area contributed by atoms with Gasteiger partial charge in [-0.1, -0.05) is 18.2 Å². The molecule has 0 N–H and O–H groups in total. The second-order valence-corrected chi connectivity index (χ2v) is 8.04. The number of benzene rings is 2. The highest BCUT2D eigenvalue weighted by Crippen LogP contribution is 2.37. The Morgan fingerprint density at radius 2 is 1.77 bits per heavy atom. The van der Waals surface area contributed by atoms with Crippen molar-refractivity contribution in [1.29, 1.82) is 5.26 Å². The van der Waals surface area contributed by atoms with E-state index < -0.39 is 37.1 Å². The van der Waals surface area contributed by atoms with Gasteiger partial charge in [0.05, 0.1) is 20.9 Å². The fourth-order valence-electron chi connectivity index (χ4n) is 2.67. The number of furan rings is 1. The van der Waals surface area contributed by atoms with Crippen LogP contribution in [0.2, 0.25) is 0 Å². The maximum absolute atomic E-state index is 12.9. The molecule has 158 valence electrons. The van der Waals surface area contributed by atoms with Crippen LogP contribution in [0.15, 0.2) is 74.9 Å². The average Bonchev–Trinajstić information content (AvgIpc) is 3.20. The van der Waals surface area contributed by atoms with Crippen molar-refractivity contribution in [2.75, 3.05) is 0 Å². The molecule has 0 atom stereocenters. The molecule has 0 saturated heterocycles. The molecule has 0 saturated carbocycles. The summed E-state index contributed by atoms with van der Waals surface area (Å²) in [6.07, 6.45) is -3.84. The molecule has 3 rings (SSSR count). The first kappa shape index (κ1) is 21.8. The first-order valence-electron chi connectivity index (χ1n) is 8.42. The van der Waals surface area contributed by atoms with Gasteiger partial charge in [-0.3, -0.25) is 10.1 Å². The van der Waals surface area contributed by atoms with E-state index in [-0.39, 0.29) is 22.0 Å². The molecule has 0 aliphatic heterocycles. The number of halogens is 3. The number of sulfone groups is 1. The van der Waals surface area contributed by atoms with E-state index in [9.17, 15) is 37.0 Å². The van der Waals surface area contributed by atoms with Gasteiger partial charge in [0.1, 0.15) is 17.6 Å². The van der Waals surface area contributed by atoms with Crippen molar-refractivity contribution in [3.8, 4) is 17.4 Å². The number of nitrogens with zero attached hydrogens (tertiary/aromatic N) is 2. The number of nitro groups is 1. The minimum absolute atomic E-state index is 0.118. The Kier molecular flexibility index (Phi) is 5.68. The van der Waals surface area contributed by atoms with Crippen molar-refractivity contribution in [1.82, 2.24) is 0 Å². The van der Waals surface area contributed by atoms with Crippen LogP contribution in [0, 0.1) is 21.4 Å². The van der Waals surface area contributed by atoms with Crippen LogP contribution in [0.1, 0.15) is 11.3 Å². The first-order chi connectivity index (χ1) is 14.5. The summed E-state index contributed by atoms with van der Waals surface area (Å²) < 4.78 is 69.1. The Labute approximate surface area is 173 Å². The standard InChI is InChI=1S/C20H11F3N2O5S/c21-20(22,23)13-6-8-17(18(10-13)25(26)27)19-9-7-14(30-19)11-16(12-24)31(28,29)15-4-2-1-3-5-15/h1-11H/b16-11-. The third-order valence-corrected chi connectivity index (χ3v) is 5.82. The summed E-state index contributed by atoms with van der Waals surface area (Å²) >= 11 is 0. The summed E-state index contributed by atoms with van der Waals surface area (Å²) in [5.74, 6) is -0.290. The maximum atomic E-state index is 12.9. The lowest BCUT2D eigenvalue weighted by molar-refractivity contribution is -0.384. The third kappa shape index (κ3) is 4.49. The maximum Gasteiger partial charge on any atom is 0.416 e. The molecular formula is C20H11F3N2O5S. The van der Waals surface area contributed by atoms with Crippen LogP contribution >= 0.6 is 0 Å². The van der Waals surface area contributed by atoms with Crippen molar-refractivity contribution in [2.45, 2.75) is 11.1 Å². The summed E-state index contributed by atoms with van der Waals surface area (Å²) in [5, 5.41) is 20.6. The van der Waals surface area contributed by atoms with E-state index in [1.165, 1.54) is 36.4 Å². The zero-order valence-electron chi connectivity index (χ0n) is 15.3. The van der Waals surface area contributed by atoms with E-state index in [0.29, 0.717) is 12.1 Å². The van der Waals surface area contributed by atoms with Gasteiger partial charge in [-0.2, -0.15) is 18.4 Å². The zero-order valence-corrected chi connectivity index (χ0v) is 16.1. The van der Waals surface area contributed by atoms with Crippen molar-refractivity contribution in [3.63, 3.8) is 0 Å². The molecule has 0 spiro atoms. The van der Waals surface area contributed by atoms with Gasteiger partial charge in [-0.25, -0.2) is 8.42 Å². The van der Waals surface area contributed by atoms with Crippen LogP contribution in [0.4, 0.5) is 18.9 Å². The molecule has 0 aliphatic carbocycles. The summed E-state index contributed by atoms with van der Waals surface area (Å²) in [7, 11) is -4.14. The van der Waals surface area contributed by atoms with E-state index in [4.69, 9.17) is 4.42 Å². The van der Waals surface area contributed by atoms with Crippen LogP contribution in [0.5, 0.6) is 0 Å². The summed E-state index contributed by atoms with van der Waals surface area (Å²) in [4.78, 5) is 9.52. The van der Waals surface area contributed by atoms with Crippen LogP contribution in [-0.4, -0.2) is 13.3 Å². The van der Waals surface area contributed by atoms with Gasteiger partial charge in [-0.05, 0) is 36.4 Å². The van der Waals surface area contributed by atoms with Gasteiger partial charge in [0.15, 0.2) is 4.91 Å². The Morgan fingerprint density at radius 3 is 2.35 bits per heavy atom. The first-order valence-corrected chi connectivity index (χ1v) is 9.90. The molecule has 0 amide bonds. The largest absolute Gasteiger partial charge is 0.456 e. The van der Waals surface area contributed by atoms with E-state index in [2.05, 4.69) is 0 Å². The van der Waals surface area contributed by atoms with E-state index in [1.54, 1.807) is 12.1 Å². The molecule has 7 nitrogen and oxygen atoms in total. The van der Waals surface area contributed by atoms with Crippen molar-refractivity contribution >= 4 is 21.6 Å². The van der Waals surface area contributed by atoms with Gasteiger partial charge in [0.2, 0.25) is 9.84 Å². The number of hydrogen-bond acceptors (Lipinski definition) is 6. The van der Waals surface area contributed by atoms with Crippen LogP contribution in [0.3, 0.4) is 0 Å². The van der Waals surface area contributed by atoms with Crippen LogP contribution in [-0.2, 0) is 16.0 Å². The molecule has 31 heavy (non-hydrogen) atoms. The highest BCUT2D eigenvalue weighted by atomic mass is 32.2. The fourth-order valence-corrected chi connectivity index (χ4v) is 3.83. The Hall–Kier alpha value is -3.91. The van der Waals surface area contributed by atoms with Gasteiger partial charge in [0.25, 0.3) is 5.69 Å². The van der Waals surface area contributed by atoms with Crippen molar-refractivity contribution in [3.05, 3.63) is 87.0 Å². The predicted molar refractivity (Wildman–Crippen MR) is 103 cm³/mol. The molecule has 11 heteroatoms. The van der Waals surface area contributed by atoms with Gasteiger partial charge < -0.3 is 4.42 Å². The molecule has 1 heterocycles. The third-order valence-electron chi connectivity index (χ3n) is 4.14. The van der Waals surface area contributed by atoms with E-state index >= 15 is 0 Å². The normalized spacial score (nSPS) is 12.4. The number of hydrogen-bond donors (Lipinski definition) is 0. The molecule has 1 aromatic heterocycles. The highest BCUT2D eigenvalue weighted by Gasteiger charge is 2.33.